The first-order valence-corrected chi connectivity index (χ1v) is 7.79. The van der Waals surface area contributed by atoms with E-state index < -0.39 is 37.5 Å². The van der Waals surface area contributed by atoms with Gasteiger partial charge in [0.05, 0.1) is 17.1 Å². The van der Waals surface area contributed by atoms with Gasteiger partial charge in [-0.15, -0.1) is 0 Å². The Bertz CT molecular complexity index is 662. The number of halogens is 1. The van der Waals surface area contributed by atoms with E-state index in [1.165, 1.54) is 0 Å². The van der Waals surface area contributed by atoms with Gasteiger partial charge >= 0.3 is 0 Å². The first-order valence-electron chi connectivity index (χ1n) is 6.35. The van der Waals surface area contributed by atoms with Gasteiger partial charge in [0.25, 0.3) is 5.69 Å². The molecular formula is C12H15FN2O5S. The minimum Gasteiger partial charge on any atom is -0.393 e. The molecule has 0 saturated carbocycles. The van der Waals surface area contributed by atoms with Crippen molar-refractivity contribution in [2.24, 2.45) is 5.92 Å². The Kier molecular flexibility index (Phi) is 4.26. The summed E-state index contributed by atoms with van der Waals surface area (Å²) in [6.07, 6.45) is -0.155. The molecule has 7 nitrogen and oxygen atoms in total. The fraction of sp³-hybridized carbons (Fsp3) is 0.500. The van der Waals surface area contributed by atoms with Gasteiger partial charge in [-0.1, -0.05) is 0 Å². The van der Waals surface area contributed by atoms with Crippen LogP contribution in [0.1, 0.15) is 13.3 Å². The highest BCUT2D eigenvalue weighted by molar-refractivity contribution is 7.89. The van der Waals surface area contributed by atoms with E-state index in [0.717, 1.165) is 16.4 Å². The molecule has 9 heteroatoms. The van der Waals surface area contributed by atoms with E-state index in [9.17, 15) is 28.0 Å². The van der Waals surface area contributed by atoms with Crippen molar-refractivity contribution >= 4 is 15.7 Å². The molecule has 0 radical (unpaired) electrons. The van der Waals surface area contributed by atoms with Crippen molar-refractivity contribution in [3.63, 3.8) is 0 Å². The van der Waals surface area contributed by atoms with E-state index in [2.05, 4.69) is 0 Å². The topological polar surface area (TPSA) is 101 Å². The number of benzene rings is 1. The van der Waals surface area contributed by atoms with Gasteiger partial charge in [-0.05, 0) is 25.3 Å². The quantitative estimate of drug-likeness (QED) is 0.662. The maximum absolute atomic E-state index is 13.9. The molecule has 1 aromatic rings. The summed E-state index contributed by atoms with van der Waals surface area (Å²) >= 11 is 0. The van der Waals surface area contributed by atoms with E-state index in [-0.39, 0.29) is 19.0 Å². The molecule has 21 heavy (non-hydrogen) atoms. The molecule has 2 rings (SSSR count). The lowest BCUT2D eigenvalue weighted by molar-refractivity contribution is -0.385. The highest BCUT2D eigenvalue weighted by Crippen LogP contribution is 2.28. The highest BCUT2D eigenvalue weighted by Gasteiger charge is 2.36. The zero-order chi connectivity index (χ0) is 15.8. The number of hydrogen-bond donors (Lipinski definition) is 1. The lowest BCUT2D eigenvalue weighted by atomic mass is 10.0. The van der Waals surface area contributed by atoms with Crippen molar-refractivity contribution in [1.82, 2.24) is 4.31 Å². The molecule has 116 valence electrons. The molecular weight excluding hydrogens is 303 g/mol. The fourth-order valence-corrected chi connectivity index (χ4v) is 3.87. The van der Waals surface area contributed by atoms with Crippen LogP contribution in [-0.4, -0.2) is 41.9 Å². The van der Waals surface area contributed by atoms with Crippen LogP contribution < -0.4 is 0 Å². The number of aliphatic hydroxyl groups is 1. The first-order chi connectivity index (χ1) is 9.73. The van der Waals surface area contributed by atoms with Crippen molar-refractivity contribution < 1.29 is 22.8 Å². The maximum atomic E-state index is 13.9. The molecule has 1 aliphatic heterocycles. The first kappa shape index (κ1) is 15.8. The Labute approximate surface area is 121 Å². The fourth-order valence-electron chi connectivity index (χ4n) is 2.32. The Morgan fingerprint density at radius 2 is 2.19 bits per heavy atom. The molecule has 1 heterocycles. The summed E-state index contributed by atoms with van der Waals surface area (Å²) in [6, 6.07) is 2.45. The van der Waals surface area contributed by atoms with Gasteiger partial charge in [0.2, 0.25) is 10.0 Å². The SMILES string of the molecule is CC(O)C1CCN(S(=O)(=O)c2ccc([N+](=O)[O-])cc2F)C1. The number of hydrogen-bond acceptors (Lipinski definition) is 5. The second kappa shape index (κ2) is 5.66. The van der Waals surface area contributed by atoms with E-state index in [1.54, 1.807) is 6.92 Å². The Morgan fingerprint density at radius 3 is 2.67 bits per heavy atom. The van der Waals surface area contributed by atoms with Gasteiger partial charge < -0.3 is 5.11 Å². The van der Waals surface area contributed by atoms with Crippen LogP contribution >= 0.6 is 0 Å². The van der Waals surface area contributed by atoms with Crippen LogP contribution in [0.3, 0.4) is 0 Å². The summed E-state index contributed by atoms with van der Waals surface area (Å²) in [4.78, 5) is 9.16. The summed E-state index contributed by atoms with van der Waals surface area (Å²) in [6.45, 7) is 1.87. The van der Waals surface area contributed by atoms with Crippen LogP contribution in [0.25, 0.3) is 0 Å². The third kappa shape index (κ3) is 3.04. The zero-order valence-electron chi connectivity index (χ0n) is 11.3. The van der Waals surface area contributed by atoms with E-state index >= 15 is 0 Å². The number of nitrogens with zero attached hydrogens (tertiary/aromatic N) is 2. The predicted octanol–water partition coefficient (Wildman–Crippen LogP) is 1.13. The molecule has 1 aliphatic rings. The van der Waals surface area contributed by atoms with Crippen molar-refractivity contribution in [2.75, 3.05) is 13.1 Å². The van der Waals surface area contributed by atoms with E-state index in [0.29, 0.717) is 12.5 Å². The third-order valence-corrected chi connectivity index (χ3v) is 5.51. The van der Waals surface area contributed by atoms with Crippen LogP contribution in [0.2, 0.25) is 0 Å². The van der Waals surface area contributed by atoms with Crippen LogP contribution in [0.4, 0.5) is 10.1 Å². The van der Waals surface area contributed by atoms with Gasteiger partial charge in [0.15, 0.2) is 0 Å². The summed E-state index contributed by atoms with van der Waals surface area (Å²) in [5.41, 5.74) is -0.505. The second-order valence-corrected chi connectivity index (χ2v) is 6.93. The highest BCUT2D eigenvalue weighted by atomic mass is 32.2. The Morgan fingerprint density at radius 1 is 1.52 bits per heavy atom. The number of aliphatic hydroxyl groups excluding tert-OH is 1. The minimum atomic E-state index is -4.05. The summed E-state index contributed by atoms with van der Waals surface area (Å²) in [7, 11) is -4.05. The molecule has 2 unspecified atom stereocenters. The molecule has 0 spiro atoms. The average molecular weight is 318 g/mol. The van der Waals surface area contributed by atoms with Gasteiger partial charge in [-0.25, -0.2) is 12.8 Å². The number of non-ortho nitro benzene ring substituents is 1. The molecule has 1 aromatic carbocycles. The normalized spacial score (nSPS) is 21.4. The largest absolute Gasteiger partial charge is 0.393 e. The summed E-state index contributed by atoms with van der Waals surface area (Å²) in [5, 5.41) is 20.0. The van der Waals surface area contributed by atoms with E-state index in [4.69, 9.17) is 0 Å². The van der Waals surface area contributed by atoms with Crippen LogP contribution in [-0.2, 0) is 10.0 Å². The Balaban J connectivity index is 2.31. The van der Waals surface area contributed by atoms with Crippen molar-refractivity contribution in [1.29, 1.82) is 0 Å². The lowest BCUT2D eigenvalue weighted by Gasteiger charge is -2.18. The van der Waals surface area contributed by atoms with Crippen molar-refractivity contribution in [2.45, 2.75) is 24.3 Å². The zero-order valence-corrected chi connectivity index (χ0v) is 12.1. The average Bonchev–Trinajstić information content (AvgIpc) is 2.88. The second-order valence-electron chi connectivity index (χ2n) is 5.02. The molecule has 1 N–H and O–H groups in total. The summed E-state index contributed by atoms with van der Waals surface area (Å²) < 4.78 is 39.6. The number of nitro groups is 1. The summed E-state index contributed by atoms with van der Waals surface area (Å²) in [5.74, 6) is -1.34. The van der Waals surface area contributed by atoms with E-state index in [1.807, 2.05) is 0 Å². The molecule has 1 fully saturated rings. The predicted molar refractivity (Wildman–Crippen MR) is 71.6 cm³/mol. The van der Waals surface area contributed by atoms with Crippen molar-refractivity contribution in [3.8, 4) is 0 Å². The molecule has 2 atom stereocenters. The maximum Gasteiger partial charge on any atom is 0.272 e. The van der Waals surface area contributed by atoms with Crippen LogP contribution in [0.5, 0.6) is 0 Å². The number of nitro benzene ring substituents is 1. The monoisotopic (exact) mass is 318 g/mol. The molecule has 0 aliphatic carbocycles. The standard InChI is InChI=1S/C12H15FN2O5S/c1-8(16)9-4-5-14(7-9)21(19,20)12-3-2-10(15(17)18)6-11(12)13/h2-3,6,8-9,16H,4-5,7H2,1H3. The molecule has 0 amide bonds. The lowest BCUT2D eigenvalue weighted by Crippen LogP contribution is -2.31. The number of sulfonamides is 1. The van der Waals surface area contributed by atoms with Gasteiger partial charge in [-0.3, -0.25) is 10.1 Å². The molecule has 0 aromatic heterocycles. The van der Waals surface area contributed by atoms with Gasteiger partial charge in [0, 0.05) is 19.2 Å². The third-order valence-electron chi connectivity index (χ3n) is 3.61. The minimum absolute atomic E-state index is 0.108. The van der Waals surface area contributed by atoms with Crippen LogP contribution in [0.15, 0.2) is 23.1 Å². The van der Waals surface area contributed by atoms with Gasteiger partial charge in [0.1, 0.15) is 10.7 Å². The van der Waals surface area contributed by atoms with Crippen molar-refractivity contribution in [3.05, 3.63) is 34.1 Å². The molecule has 0 bridgehead atoms. The Hall–Kier alpha value is -1.58. The molecule has 1 saturated heterocycles. The number of rotatable bonds is 4. The van der Waals surface area contributed by atoms with Crippen LogP contribution in [0, 0.1) is 21.8 Å². The smallest absolute Gasteiger partial charge is 0.272 e. The van der Waals surface area contributed by atoms with Gasteiger partial charge in [-0.2, -0.15) is 4.31 Å².